The van der Waals surface area contributed by atoms with Gasteiger partial charge in [0.1, 0.15) is 17.7 Å². The lowest BCUT2D eigenvalue weighted by Crippen LogP contribution is -2.49. The van der Waals surface area contributed by atoms with Crippen LogP contribution < -0.4 is 5.32 Å². The third-order valence-electron chi connectivity index (χ3n) is 4.61. The second kappa shape index (κ2) is 8.48. The van der Waals surface area contributed by atoms with Gasteiger partial charge in [0.15, 0.2) is 0 Å². The van der Waals surface area contributed by atoms with Crippen LogP contribution >= 0.6 is 11.3 Å². The Kier molecular flexibility index (Phi) is 6.24. The predicted molar refractivity (Wildman–Crippen MR) is 104 cm³/mol. The summed E-state index contributed by atoms with van der Waals surface area (Å²) >= 11 is 1.45. The number of carbonyl (C=O) groups is 3. The summed E-state index contributed by atoms with van der Waals surface area (Å²) in [6.45, 7) is 7.73. The standard InChI is InChI=1S/C19H27N3O5S/c1-19(2,3)27-18(25)20-13-6-7-22(16(13)23)15(14-5-4-12-28-14)17(24)21-8-10-26-11-9-21/h4-5,12-13,15H,6-11H2,1-3H3,(H,20,25)/t13-,15-/m0/s1. The zero-order chi connectivity index (χ0) is 20.3. The van der Waals surface area contributed by atoms with Crippen molar-refractivity contribution in [3.63, 3.8) is 0 Å². The summed E-state index contributed by atoms with van der Waals surface area (Å²) in [6.07, 6.45) is -0.184. The average molecular weight is 410 g/mol. The molecule has 9 heteroatoms. The molecule has 0 bridgehead atoms. The minimum Gasteiger partial charge on any atom is -0.444 e. The van der Waals surface area contributed by atoms with Gasteiger partial charge in [-0.2, -0.15) is 0 Å². The number of nitrogens with one attached hydrogen (secondary N) is 1. The van der Waals surface area contributed by atoms with Crippen LogP contribution in [0.1, 0.15) is 38.1 Å². The van der Waals surface area contributed by atoms with Crippen molar-refractivity contribution in [2.75, 3.05) is 32.8 Å². The summed E-state index contributed by atoms with van der Waals surface area (Å²) in [5.41, 5.74) is -0.642. The van der Waals surface area contributed by atoms with Crippen LogP contribution in [0.25, 0.3) is 0 Å². The summed E-state index contributed by atoms with van der Waals surface area (Å²) < 4.78 is 10.6. The van der Waals surface area contributed by atoms with Crippen molar-refractivity contribution >= 4 is 29.2 Å². The van der Waals surface area contributed by atoms with E-state index in [1.807, 2.05) is 17.5 Å². The number of ether oxygens (including phenoxy) is 2. The van der Waals surface area contributed by atoms with E-state index in [9.17, 15) is 14.4 Å². The van der Waals surface area contributed by atoms with Gasteiger partial charge in [-0.1, -0.05) is 6.07 Å². The number of thiophene rings is 1. The molecular weight excluding hydrogens is 382 g/mol. The van der Waals surface area contributed by atoms with Gasteiger partial charge in [0.2, 0.25) is 5.91 Å². The molecule has 1 aromatic heterocycles. The maximum absolute atomic E-state index is 13.2. The Labute approximate surface area is 168 Å². The fraction of sp³-hybridized carbons (Fsp3) is 0.632. The van der Waals surface area contributed by atoms with Crippen molar-refractivity contribution < 1.29 is 23.9 Å². The summed E-state index contributed by atoms with van der Waals surface area (Å²) in [6, 6.07) is 2.39. The fourth-order valence-electron chi connectivity index (χ4n) is 3.35. The van der Waals surface area contributed by atoms with Gasteiger partial charge in [-0.25, -0.2) is 4.79 Å². The predicted octanol–water partition coefficient (Wildman–Crippen LogP) is 1.77. The Morgan fingerprint density at radius 3 is 2.61 bits per heavy atom. The summed E-state index contributed by atoms with van der Waals surface area (Å²) in [5, 5.41) is 4.53. The molecule has 2 aliphatic rings. The lowest BCUT2D eigenvalue weighted by molar-refractivity contribution is -0.147. The molecule has 0 spiro atoms. The molecule has 0 aromatic carbocycles. The van der Waals surface area contributed by atoms with E-state index in [-0.39, 0.29) is 11.8 Å². The average Bonchev–Trinajstić information content (AvgIpc) is 3.27. The lowest BCUT2D eigenvalue weighted by Gasteiger charge is -2.34. The van der Waals surface area contributed by atoms with Gasteiger partial charge >= 0.3 is 6.09 Å². The van der Waals surface area contributed by atoms with E-state index < -0.39 is 23.8 Å². The zero-order valence-corrected chi connectivity index (χ0v) is 17.3. The number of morpholine rings is 1. The van der Waals surface area contributed by atoms with Crippen LogP contribution in [-0.4, -0.2) is 72.2 Å². The van der Waals surface area contributed by atoms with E-state index >= 15 is 0 Å². The number of nitrogens with zero attached hydrogens (tertiary/aromatic N) is 2. The van der Waals surface area contributed by atoms with Crippen molar-refractivity contribution in [1.29, 1.82) is 0 Å². The van der Waals surface area contributed by atoms with Crippen LogP contribution in [0.15, 0.2) is 17.5 Å². The van der Waals surface area contributed by atoms with Gasteiger partial charge in [0.25, 0.3) is 5.91 Å². The summed E-state index contributed by atoms with van der Waals surface area (Å²) in [5.74, 6) is -0.358. The van der Waals surface area contributed by atoms with E-state index in [1.165, 1.54) is 11.3 Å². The SMILES string of the molecule is CC(C)(C)OC(=O)N[C@H]1CCN([C@H](C(=O)N2CCOCC2)c2cccs2)C1=O. The van der Waals surface area contributed by atoms with Gasteiger partial charge in [-0.05, 0) is 38.6 Å². The van der Waals surface area contributed by atoms with E-state index in [1.54, 1.807) is 30.6 Å². The second-order valence-corrected chi connectivity index (χ2v) is 8.85. The quantitative estimate of drug-likeness (QED) is 0.819. The number of hydrogen-bond acceptors (Lipinski definition) is 6. The molecule has 2 aliphatic heterocycles. The minimum atomic E-state index is -0.685. The number of amides is 3. The molecule has 154 valence electrons. The second-order valence-electron chi connectivity index (χ2n) is 7.87. The first-order valence-electron chi connectivity index (χ1n) is 9.46. The Hall–Kier alpha value is -2.13. The van der Waals surface area contributed by atoms with Crippen LogP contribution in [-0.2, 0) is 19.1 Å². The van der Waals surface area contributed by atoms with Crippen molar-refractivity contribution in [2.24, 2.45) is 0 Å². The van der Waals surface area contributed by atoms with E-state index in [0.29, 0.717) is 39.3 Å². The highest BCUT2D eigenvalue weighted by Crippen LogP contribution is 2.31. The fourth-order valence-corrected chi connectivity index (χ4v) is 4.18. The molecule has 3 rings (SSSR count). The topological polar surface area (TPSA) is 88.2 Å². The molecule has 0 unspecified atom stereocenters. The minimum absolute atomic E-state index is 0.1000. The molecule has 0 saturated carbocycles. The van der Waals surface area contributed by atoms with Gasteiger partial charge < -0.3 is 24.6 Å². The molecule has 0 aliphatic carbocycles. The number of hydrogen-bond donors (Lipinski definition) is 1. The third-order valence-corrected chi connectivity index (χ3v) is 5.54. The number of alkyl carbamates (subject to hydrolysis) is 1. The molecular formula is C19H27N3O5S. The Balaban J connectivity index is 1.73. The maximum Gasteiger partial charge on any atom is 0.408 e. The summed E-state index contributed by atoms with van der Waals surface area (Å²) in [4.78, 5) is 42.4. The third kappa shape index (κ3) is 4.82. The van der Waals surface area contributed by atoms with Crippen molar-refractivity contribution in [2.45, 2.75) is 44.9 Å². The Morgan fingerprint density at radius 2 is 2.00 bits per heavy atom. The molecule has 2 atom stereocenters. The highest BCUT2D eigenvalue weighted by atomic mass is 32.1. The van der Waals surface area contributed by atoms with E-state index in [0.717, 1.165) is 4.88 Å². The van der Waals surface area contributed by atoms with Gasteiger partial charge in [-0.15, -0.1) is 11.3 Å². The Bertz CT molecular complexity index is 710. The zero-order valence-electron chi connectivity index (χ0n) is 16.5. The van der Waals surface area contributed by atoms with E-state index in [2.05, 4.69) is 5.32 Å². The smallest absolute Gasteiger partial charge is 0.408 e. The van der Waals surface area contributed by atoms with Gasteiger partial charge in [-0.3, -0.25) is 9.59 Å². The number of likely N-dealkylation sites (tertiary alicyclic amines) is 1. The van der Waals surface area contributed by atoms with Crippen LogP contribution in [0.5, 0.6) is 0 Å². The van der Waals surface area contributed by atoms with Crippen molar-refractivity contribution in [3.8, 4) is 0 Å². The first kappa shape index (κ1) is 20.6. The Morgan fingerprint density at radius 1 is 1.29 bits per heavy atom. The number of carbonyl (C=O) groups excluding carboxylic acids is 3. The first-order valence-corrected chi connectivity index (χ1v) is 10.3. The van der Waals surface area contributed by atoms with Crippen molar-refractivity contribution in [3.05, 3.63) is 22.4 Å². The molecule has 1 N–H and O–H groups in total. The van der Waals surface area contributed by atoms with Crippen LogP contribution in [0.4, 0.5) is 4.79 Å². The molecule has 1 aromatic rings. The largest absolute Gasteiger partial charge is 0.444 e. The number of rotatable bonds is 4. The monoisotopic (exact) mass is 409 g/mol. The summed E-state index contributed by atoms with van der Waals surface area (Å²) in [7, 11) is 0. The van der Waals surface area contributed by atoms with Crippen molar-refractivity contribution in [1.82, 2.24) is 15.1 Å². The molecule has 2 fully saturated rings. The maximum atomic E-state index is 13.2. The normalized spacial score (nSPS) is 21.5. The van der Waals surface area contributed by atoms with Gasteiger partial charge in [0.05, 0.1) is 13.2 Å². The lowest BCUT2D eigenvalue weighted by atomic mass is 10.1. The first-order chi connectivity index (χ1) is 13.3. The highest BCUT2D eigenvalue weighted by molar-refractivity contribution is 7.10. The molecule has 3 amide bonds. The van der Waals surface area contributed by atoms with Crippen LogP contribution in [0.2, 0.25) is 0 Å². The van der Waals surface area contributed by atoms with E-state index in [4.69, 9.17) is 9.47 Å². The highest BCUT2D eigenvalue weighted by Gasteiger charge is 2.42. The van der Waals surface area contributed by atoms with Gasteiger partial charge in [0, 0.05) is 24.5 Å². The molecule has 8 nitrogen and oxygen atoms in total. The molecule has 28 heavy (non-hydrogen) atoms. The van der Waals surface area contributed by atoms with Crippen LogP contribution in [0, 0.1) is 0 Å². The molecule has 0 radical (unpaired) electrons. The van der Waals surface area contributed by atoms with Crippen LogP contribution in [0.3, 0.4) is 0 Å². The molecule has 2 saturated heterocycles. The molecule has 3 heterocycles.